The third kappa shape index (κ3) is 5.05. The van der Waals surface area contributed by atoms with Crippen molar-refractivity contribution in [2.24, 2.45) is 5.41 Å². The maximum Gasteiger partial charge on any atom is 0.273 e. The molecule has 26 heavy (non-hydrogen) atoms. The van der Waals surface area contributed by atoms with Gasteiger partial charge in [-0.1, -0.05) is 19.0 Å². The number of carbonyl (C=O) groups is 1. The van der Waals surface area contributed by atoms with Gasteiger partial charge in [-0.2, -0.15) is 0 Å². The zero-order valence-corrected chi connectivity index (χ0v) is 16.2. The van der Waals surface area contributed by atoms with E-state index in [-0.39, 0.29) is 23.4 Å². The fourth-order valence-corrected chi connectivity index (χ4v) is 4.63. The summed E-state index contributed by atoms with van der Waals surface area (Å²) < 4.78 is 32.7. The number of nitrogens with one attached hydrogen (secondary N) is 3. The SMILES string of the molecule is CC(C)(CNC(=O)c1cc(C2CC2)on1)CNS(=O)(=O)C1CCNCC1. The van der Waals surface area contributed by atoms with E-state index < -0.39 is 15.4 Å². The van der Waals surface area contributed by atoms with Crippen molar-refractivity contribution in [3.8, 4) is 0 Å². The molecule has 3 N–H and O–H groups in total. The number of aromatic nitrogens is 1. The lowest BCUT2D eigenvalue weighted by molar-refractivity contribution is 0.0928. The maximum absolute atomic E-state index is 12.4. The maximum atomic E-state index is 12.4. The molecule has 1 aromatic heterocycles. The quantitative estimate of drug-likeness (QED) is 0.616. The molecule has 0 atom stereocenters. The number of hydrogen-bond donors (Lipinski definition) is 3. The molecule has 2 heterocycles. The standard InChI is InChI=1S/C17H28N4O4S/c1-17(2,11-20-26(23,24)13-5-7-18-8-6-13)10-19-16(22)14-9-15(25-21-14)12-3-4-12/h9,12-13,18,20H,3-8,10-11H2,1-2H3,(H,19,22). The van der Waals surface area contributed by atoms with E-state index in [0.717, 1.165) is 31.7 Å². The van der Waals surface area contributed by atoms with Crippen LogP contribution in [0.2, 0.25) is 0 Å². The highest BCUT2D eigenvalue weighted by atomic mass is 32.2. The van der Waals surface area contributed by atoms with Crippen LogP contribution in [0.1, 0.15) is 61.7 Å². The van der Waals surface area contributed by atoms with Gasteiger partial charge in [0.15, 0.2) is 5.69 Å². The smallest absolute Gasteiger partial charge is 0.273 e. The topological polar surface area (TPSA) is 113 Å². The second kappa shape index (κ2) is 7.66. The second-order valence-electron chi connectivity index (χ2n) is 8.05. The van der Waals surface area contributed by atoms with E-state index in [1.807, 2.05) is 13.8 Å². The molecule has 0 bridgehead atoms. The zero-order valence-electron chi connectivity index (χ0n) is 15.4. The first-order valence-electron chi connectivity index (χ1n) is 9.21. The summed E-state index contributed by atoms with van der Waals surface area (Å²) in [5.41, 5.74) is -0.142. The third-order valence-corrected chi connectivity index (χ3v) is 6.84. The van der Waals surface area contributed by atoms with E-state index >= 15 is 0 Å². The van der Waals surface area contributed by atoms with E-state index in [2.05, 4.69) is 20.5 Å². The minimum absolute atomic E-state index is 0.270. The number of piperidine rings is 1. The van der Waals surface area contributed by atoms with E-state index in [1.165, 1.54) is 0 Å². The minimum atomic E-state index is -3.34. The van der Waals surface area contributed by atoms with Crippen LogP contribution in [-0.4, -0.2) is 50.9 Å². The predicted octanol–water partition coefficient (Wildman–Crippen LogP) is 0.979. The van der Waals surface area contributed by atoms with Crippen molar-refractivity contribution in [3.63, 3.8) is 0 Å². The van der Waals surface area contributed by atoms with Crippen molar-refractivity contribution in [1.29, 1.82) is 0 Å². The summed E-state index contributed by atoms with van der Waals surface area (Å²) in [6.45, 7) is 5.89. The van der Waals surface area contributed by atoms with Gasteiger partial charge in [0.05, 0.1) is 5.25 Å². The van der Waals surface area contributed by atoms with Crippen LogP contribution >= 0.6 is 0 Å². The van der Waals surface area contributed by atoms with Crippen molar-refractivity contribution in [2.45, 2.75) is 50.7 Å². The molecule has 2 aliphatic rings. The van der Waals surface area contributed by atoms with Crippen LogP contribution < -0.4 is 15.4 Å². The summed E-state index contributed by atoms with van der Waals surface area (Å²) >= 11 is 0. The first-order valence-corrected chi connectivity index (χ1v) is 10.8. The van der Waals surface area contributed by atoms with Gasteiger partial charge in [0.1, 0.15) is 5.76 Å². The fraction of sp³-hybridized carbons (Fsp3) is 0.765. The Morgan fingerprint density at radius 1 is 1.27 bits per heavy atom. The van der Waals surface area contributed by atoms with Gasteiger partial charge in [-0.05, 0) is 44.2 Å². The third-order valence-electron chi connectivity index (χ3n) is 4.95. The van der Waals surface area contributed by atoms with Gasteiger partial charge >= 0.3 is 0 Å². The molecule has 0 unspecified atom stereocenters. The minimum Gasteiger partial charge on any atom is -0.360 e. The molecule has 8 nitrogen and oxygen atoms in total. The highest BCUT2D eigenvalue weighted by Gasteiger charge is 2.31. The van der Waals surface area contributed by atoms with Crippen molar-refractivity contribution >= 4 is 15.9 Å². The lowest BCUT2D eigenvalue weighted by Crippen LogP contribution is -2.46. The predicted molar refractivity (Wildman–Crippen MR) is 97.4 cm³/mol. The molecule has 1 aromatic rings. The fourth-order valence-electron chi connectivity index (χ4n) is 2.95. The van der Waals surface area contributed by atoms with Crippen LogP contribution in [-0.2, 0) is 10.0 Å². The van der Waals surface area contributed by atoms with Gasteiger partial charge in [0.2, 0.25) is 10.0 Å². The summed E-state index contributed by atoms with van der Waals surface area (Å²) in [7, 11) is -3.34. The number of amides is 1. The molecular formula is C17H28N4O4S. The second-order valence-corrected chi connectivity index (χ2v) is 10.1. The van der Waals surface area contributed by atoms with Gasteiger partial charge in [0, 0.05) is 25.1 Å². The van der Waals surface area contributed by atoms with Gasteiger partial charge in [-0.3, -0.25) is 4.79 Å². The van der Waals surface area contributed by atoms with Crippen LogP contribution in [0.5, 0.6) is 0 Å². The largest absolute Gasteiger partial charge is 0.360 e. The Hall–Kier alpha value is -1.45. The molecule has 2 fully saturated rings. The molecule has 1 aliphatic carbocycles. The summed E-state index contributed by atoms with van der Waals surface area (Å²) in [6.07, 6.45) is 3.42. The number of hydrogen-bond acceptors (Lipinski definition) is 6. The highest BCUT2D eigenvalue weighted by molar-refractivity contribution is 7.90. The molecule has 146 valence electrons. The Morgan fingerprint density at radius 3 is 2.62 bits per heavy atom. The summed E-state index contributed by atoms with van der Waals surface area (Å²) in [5.74, 6) is 0.879. The lowest BCUT2D eigenvalue weighted by Gasteiger charge is -2.28. The molecule has 1 aliphatic heterocycles. The van der Waals surface area contributed by atoms with E-state index in [4.69, 9.17) is 4.52 Å². The Kier molecular flexibility index (Phi) is 5.69. The molecular weight excluding hydrogens is 356 g/mol. The number of carbonyl (C=O) groups excluding carboxylic acids is 1. The number of sulfonamides is 1. The number of nitrogens with zero attached hydrogens (tertiary/aromatic N) is 1. The highest BCUT2D eigenvalue weighted by Crippen LogP contribution is 2.40. The molecule has 0 aromatic carbocycles. The van der Waals surface area contributed by atoms with Crippen molar-refractivity contribution in [3.05, 3.63) is 17.5 Å². The van der Waals surface area contributed by atoms with Crippen molar-refractivity contribution < 1.29 is 17.7 Å². The Morgan fingerprint density at radius 2 is 1.96 bits per heavy atom. The van der Waals surface area contributed by atoms with Gasteiger partial charge in [0.25, 0.3) is 5.91 Å². The first-order chi connectivity index (χ1) is 12.3. The lowest BCUT2D eigenvalue weighted by atomic mass is 9.94. The summed E-state index contributed by atoms with van der Waals surface area (Å²) in [6, 6.07) is 1.69. The van der Waals surface area contributed by atoms with Gasteiger partial charge in [-0.25, -0.2) is 13.1 Å². The Balaban J connectivity index is 1.47. The van der Waals surface area contributed by atoms with Crippen LogP contribution in [0.3, 0.4) is 0 Å². The van der Waals surface area contributed by atoms with Crippen molar-refractivity contribution in [1.82, 2.24) is 20.5 Å². The number of rotatable bonds is 8. The van der Waals surface area contributed by atoms with Crippen LogP contribution in [0.25, 0.3) is 0 Å². The average molecular weight is 385 g/mol. The summed E-state index contributed by atoms with van der Waals surface area (Å²) in [5, 5.41) is 9.47. The molecule has 1 saturated heterocycles. The normalized spacial score (nSPS) is 19.5. The zero-order chi connectivity index (χ0) is 18.8. The molecule has 9 heteroatoms. The summed E-state index contributed by atoms with van der Waals surface area (Å²) in [4.78, 5) is 12.2. The van der Waals surface area contributed by atoms with Crippen LogP contribution in [0.15, 0.2) is 10.6 Å². The first kappa shape index (κ1) is 19.3. The molecule has 1 saturated carbocycles. The Bertz CT molecular complexity index is 734. The van der Waals surface area contributed by atoms with Gasteiger partial charge in [-0.15, -0.1) is 0 Å². The molecule has 0 spiro atoms. The molecule has 3 rings (SSSR count). The molecule has 1 amide bonds. The molecule has 0 radical (unpaired) electrons. The van der Waals surface area contributed by atoms with E-state index in [0.29, 0.717) is 25.3 Å². The Labute approximate surface area is 154 Å². The van der Waals surface area contributed by atoms with Gasteiger partial charge < -0.3 is 15.2 Å². The van der Waals surface area contributed by atoms with Crippen LogP contribution in [0.4, 0.5) is 0 Å². The van der Waals surface area contributed by atoms with Crippen LogP contribution in [0, 0.1) is 5.41 Å². The average Bonchev–Trinajstić information content (AvgIpc) is 3.36. The van der Waals surface area contributed by atoms with Crippen molar-refractivity contribution in [2.75, 3.05) is 26.2 Å². The monoisotopic (exact) mass is 384 g/mol. The van der Waals surface area contributed by atoms with E-state index in [1.54, 1.807) is 6.07 Å². The van der Waals surface area contributed by atoms with E-state index in [9.17, 15) is 13.2 Å².